The van der Waals surface area contributed by atoms with Gasteiger partial charge in [-0.3, -0.25) is 0 Å². The predicted octanol–water partition coefficient (Wildman–Crippen LogP) is 3.43. The Hall–Kier alpha value is -1.74. The summed E-state index contributed by atoms with van der Waals surface area (Å²) >= 11 is 6.23. The number of halogens is 1. The number of benzene rings is 1. The van der Waals surface area contributed by atoms with E-state index in [0.717, 1.165) is 28.8 Å². The van der Waals surface area contributed by atoms with Crippen molar-refractivity contribution in [3.8, 4) is 0 Å². The molecule has 1 aliphatic heterocycles. The third-order valence-electron chi connectivity index (χ3n) is 2.93. The summed E-state index contributed by atoms with van der Waals surface area (Å²) in [7, 11) is 2.02. The normalized spacial score (nSPS) is 13.4. The van der Waals surface area contributed by atoms with Crippen molar-refractivity contribution < 1.29 is 0 Å². The first-order chi connectivity index (χ1) is 8.25. The maximum Gasteiger partial charge on any atom is 0.155 e. The zero-order chi connectivity index (χ0) is 11.8. The lowest BCUT2D eigenvalue weighted by molar-refractivity contribution is 0.932. The molecule has 0 amide bonds. The first-order valence-electron chi connectivity index (χ1n) is 5.46. The quantitative estimate of drug-likeness (QED) is 0.771. The Morgan fingerprint density at radius 2 is 2.12 bits per heavy atom. The first kappa shape index (κ1) is 10.4. The van der Waals surface area contributed by atoms with E-state index in [0.29, 0.717) is 0 Å². The van der Waals surface area contributed by atoms with Gasteiger partial charge in [-0.2, -0.15) is 0 Å². The zero-order valence-corrected chi connectivity index (χ0v) is 10.2. The van der Waals surface area contributed by atoms with Crippen LogP contribution in [0.4, 0.5) is 17.2 Å². The van der Waals surface area contributed by atoms with Gasteiger partial charge in [-0.1, -0.05) is 29.8 Å². The molecule has 0 unspecified atom stereocenters. The number of anilines is 3. The molecule has 0 fully saturated rings. The Morgan fingerprint density at radius 3 is 3.00 bits per heavy atom. The molecule has 2 aromatic rings. The summed E-state index contributed by atoms with van der Waals surface area (Å²) in [5.41, 5.74) is 3.28. The van der Waals surface area contributed by atoms with Crippen LogP contribution in [-0.4, -0.2) is 12.0 Å². The Bertz CT molecular complexity index is 568. The van der Waals surface area contributed by atoms with E-state index >= 15 is 0 Å². The molecule has 3 rings (SSSR count). The van der Waals surface area contributed by atoms with Gasteiger partial charge in [0.25, 0.3) is 0 Å². The molecule has 0 saturated carbocycles. The predicted molar refractivity (Wildman–Crippen MR) is 71.1 cm³/mol. The molecule has 1 aromatic carbocycles. The third kappa shape index (κ3) is 1.72. The van der Waals surface area contributed by atoms with Gasteiger partial charge in [0.15, 0.2) is 5.82 Å². The maximum absolute atomic E-state index is 6.23. The van der Waals surface area contributed by atoms with Gasteiger partial charge in [0.1, 0.15) is 0 Å². The van der Waals surface area contributed by atoms with Crippen LogP contribution in [0.15, 0.2) is 36.5 Å². The van der Waals surface area contributed by atoms with Crippen molar-refractivity contribution in [1.29, 1.82) is 0 Å². The summed E-state index contributed by atoms with van der Waals surface area (Å²) in [6.45, 7) is 0.821. The van der Waals surface area contributed by atoms with Crippen molar-refractivity contribution in [2.75, 3.05) is 17.3 Å². The van der Waals surface area contributed by atoms with E-state index in [-0.39, 0.29) is 0 Å². The van der Waals surface area contributed by atoms with Gasteiger partial charge in [0, 0.05) is 25.5 Å². The molecule has 0 saturated heterocycles. The second kappa shape index (κ2) is 3.93. The fourth-order valence-corrected chi connectivity index (χ4v) is 2.42. The lowest BCUT2D eigenvalue weighted by Gasteiger charge is -2.19. The molecule has 0 radical (unpaired) electrons. The second-order valence-corrected chi connectivity index (χ2v) is 4.54. The minimum Gasteiger partial charge on any atom is -0.366 e. The van der Waals surface area contributed by atoms with Crippen LogP contribution in [0.2, 0.25) is 5.02 Å². The van der Waals surface area contributed by atoms with Crippen molar-refractivity contribution in [2.45, 2.75) is 6.54 Å². The lowest BCUT2D eigenvalue weighted by Crippen LogP contribution is -2.16. The van der Waals surface area contributed by atoms with Crippen LogP contribution < -0.4 is 10.2 Å². The molecule has 3 nitrogen and oxygen atoms in total. The number of nitrogens with one attached hydrogen (secondary N) is 1. The number of pyridine rings is 1. The molecule has 17 heavy (non-hydrogen) atoms. The molecular weight excluding hydrogens is 234 g/mol. The minimum absolute atomic E-state index is 0.720. The van der Waals surface area contributed by atoms with Crippen molar-refractivity contribution in [3.63, 3.8) is 0 Å². The number of nitrogens with zero attached hydrogens (tertiary/aromatic N) is 2. The summed E-state index contributed by atoms with van der Waals surface area (Å²) in [6, 6.07) is 10.0. The van der Waals surface area contributed by atoms with Crippen molar-refractivity contribution in [3.05, 3.63) is 47.1 Å². The van der Waals surface area contributed by atoms with E-state index in [4.69, 9.17) is 11.6 Å². The molecule has 86 valence electrons. The summed E-state index contributed by atoms with van der Waals surface area (Å²) in [4.78, 5) is 6.47. The molecule has 0 atom stereocenters. The van der Waals surface area contributed by atoms with Gasteiger partial charge in [-0.25, -0.2) is 4.98 Å². The molecule has 1 aliphatic rings. The van der Waals surface area contributed by atoms with E-state index in [1.54, 1.807) is 6.20 Å². The molecule has 1 aromatic heterocycles. The van der Waals surface area contributed by atoms with Gasteiger partial charge < -0.3 is 10.2 Å². The van der Waals surface area contributed by atoms with Crippen molar-refractivity contribution in [1.82, 2.24) is 4.98 Å². The molecule has 1 N–H and O–H groups in total. The average molecular weight is 246 g/mol. The SMILES string of the molecule is CN1Cc2ccccc2Nc2nccc(Cl)c21. The minimum atomic E-state index is 0.720. The van der Waals surface area contributed by atoms with Crippen LogP contribution in [0, 0.1) is 0 Å². The topological polar surface area (TPSA) is 28.2 Å². The maximum atomic E-state index is 6.23. The Morgan fingerprint density at radius 1 is 1.29 bits per heavy atom. The first-order valence-corrected chi connectivity index (χ1v) is 5.84. The smallest absolute Gasteiger partial charge is 0.155 e. The van der Waals surface area contributed by atoms with Crippen molar-refractivity contribution in [2.24, 2.45) is 0 Å². The Labute approximate surface area is 105 Å². The molecule has 0 spiro atoms. The number of rotatable bonds is 0. The lowest BCUT2D eigenvalue weighted by atomic mass is 10.2. The van der Waals surface area contributed by atoms with E-state index in [9.17, 15) is 0 Å². The van der Waals surface area contributed by atoms with E-state index in [1.165, 1.54) is 5.56 Å². The molecule has 0 bridgehead atoms. The standard InChI is InChI=1S/C13H12ClN3/c1-17-8-9-4-2-3-5-11(9)16-13-12(17)10(14)6-7-15-13/h2-7H,8H2,1H3,(H,15,16). The number of para-hydroxylation sites is 1. The van der Waals surface area contributed by atoms with Crippen LogP contribution in [-0.2, 0) is 6.54 Å². The van der Waals surface area contributed by atoms with Gasteiger partial charge in [-0.15, -0.1) is 0 Å². The average Bonchev–Trinajstić information content (AvgIpc) is 2.45. The van der Waals surface area contributed by atoms with Crippen LogP contribution in [0.25, 0.3) is 0 Å². The van der Waals surface area contributed by atoms with Crippen LogP contribution in [0.5, 0.6) is 0 Å². The van der Waals surface area contributed by atoms with Gasteiger partial charge in [-0.05, 0) is 17.7 Å². The highest BCUT2D eigenvalue weighted by atomic mass is 35.5. The Balaban J connectivity index is 2.18. The fourth-order valence-electron chi connectivity index (χ4n) is 2.13. The van der Waals surface area contributed by atoms with E-state index in [2.05, 4.69) is 27.3 Å². The van der Waals surface area contributed by atoms with Crippen LogP contribution in [0.3, 0.4) is 0 Å². The van der Waals surface area contributed by atoms with Crippen LogP contribution >= 0.6 is 11.6 Å². The van der Waals surface area contributed by atoms with E-state index in [1.807, 2.05) is 25.2 Å². The summed E-state index contributed by atoms with van der Waals surface area (Å²) in [5.74, 6) is 0.810. The zero-order valence-electron chi connectivity index (χ0n) is 9.44. The number of fused-ring (bicyclic) bond motifs is 2. The van der Waals surface area contributed by atoms with E-state index < -0.39 is 0 Å². The molecular formula is C13H12ClN3. The van der Waals surface area contributed by atoms with Gasteiger partial charge in [0.2, 0.25) is 0 Å². The summed E-state index contributed by atoms with van der Waals surface area (Å²) in [6.07, 6.45) is 1.72. The second-order valence-electron chi connectivity index (χ2n) is 4.13. The molecule has 2 heterocycles. The summed E-state index contributed by atoms with van der Waals surface area (Å²) in [5, 5.41) is 4.06. The largest absolute Gasteiger partial charge is 0.366 e. The highest BCUT2D eigenvalue weighted by molar-refractivity contribution is 6.33. The third-order valence-corrected chi connectivity index (χ3v) is 3.24. The molecule has 4 heteroatoms. The van der Waals surface area contributed by atoms with Crippen LogP contribution in [0.1, 0.15) is 5.56 Å². The highest BCUT2D eigenvalue weighted by Crippen LogP contribution is 2.37. The van der Waals surface area contributed by atoms with Crippen molar-refractivity contribution >= 4 is 28.8 Å². The highest BCUT2D eigenvalue weighted by Gasteiger charge is 2.19. The summed E-state index contributed by atoms with van der Waals surface area (Å²) < 4.78 is 0. The Kier molecular flexibility index (Phi) is 2.41. The van der Waals surface area contributed by atoms with Gasteiger partial charge in [0.05, 0.1) is 10.7 Å². The van der Waals surface area contributed by atoms with Gasteiger partial charge >= 0.3 is 0 Å². The number of aromatic nitrogens is 1. The number of hydrogen-bond donors (Lipinski definition) is 1. The molecule has 0 aliphatic carbocycles. The monoisotopic (exact) mass is 245 g/mol. The fraction of sp³-hybridized carbons (Fsp3) is 0.154. The number of hydrogen-bond acceptors (Lipinski definition) is 3.